The summed E-state index contributed by atoms with van der Waals surface area (Å²) in [7, 11) is 0. The number of rotatable bonds is 5. The first kappa shape index (κ1) is 19.6. The van der Waals surface area contributed by atoms with E-state index in [1.54, 1.807) is 12.3 Å². The van der Waals surface area contributed by atoms with E-state index in [9.17, 15) is 22.2 Å². The standard InChI is InChI=1S/C22H23F3N2O3S/c1-12(4-19(28)27-14-5-13-7-20(9-14)11-21(20,27)8-13)17-10-26-18-3-2-15(6-16(17)18)30-31(29)22(23,24)25/h2-3,6,10,12-14,26H,4-5,7-9,11H2,1H3. The first-order valence-corrected chi connectivity index (χ1v) is 11.8. The number of nitrogens with zero attached hydrogens (tertiary/aromatic N) is 1. The number of nitrogens with one attached hydrogen (secondary N) is 1. The number of aromatic nitrogens is 1. The molecule has 2 spiro atoms. The minimum absolute atomic E-state index is 0.105. The van der Waals surface area contributed by atoms with Crippen LogP contribution in [0, 0.1) is 11.3 Å². The van der Waals surface area contributed by atoms with Gasteiger partial charge in [0.1, 0.15) is 5.75 Å². The number of fused-ring (bicyclic) bond motifs is 1. The van der Waals surface area contributed by atoms with Crippen LogP contribution in [0.25, 0.3) is 10.9 Å². The van der Waals surface area contributed by atoms with Crippen molar-refractivity contribution < 1.29 is 26.4 Å². The maximum atomic E-state index is 13.3. The first-order valence-electron chi connectivity index (χ1n) is 10.7. The zero-order chi connectivity index (χ0) is 21.8. The number of carbonyl (C=O) groups excluding carboxylic acids is 1. The third-order valence-electron chi connectivity index (χ3n) is 8.18. The van der Waals surface area contributed by atoms with Gasteiger partial charge in [-0.05, 0) is 73.1 Å². The Morgan fingerprint density at radius 3 is 2.90 bits per heavy atom. The highest BCUT2D eigenvalue weighted by Crippen LogP contribution is 2.81. The fraction of sp³-hybridized carbons (Fsp3) is 0.591. The van der Waals surface area contributed by atoms with Crippen LogP contribution in [0.5, 0.6) is 5.75 Å². The summed E-state index contributed by atoms with van der Waals surface area (Å²) in [6.45, 7) is 1.97. The highest BCUT2D eigenvalue weighted by Gasteiger charge is 2.82. The van der Waals surface area contributed by atoms with Crippen LogP contribution in [0.4, 0.5) is 13.2 Å². The lowest BCUT2D eigenvalue weighted by Crippen LogP contribution is -2.49. The highest BCUT2D eigenvalue weighted by atomic mass is 32.2. The van der Waals surface area contributed by atoms with Gasteiger partial charge in [0.05, 0.1) is 0 Å². The van der Waals surface area contributed by atoms with Crippen molar-refractivity contribution in [1.82, 2.24) is 9.88 Å². The number of piperidine rings is 2. The Bertz CT molecular complexity index is 1130. The number of amides is 1. The summed E-state index contributed by atoms with van der Waals surface area (Å²) in [6, 6.07) is 4.80. The summed E-state index contributed by atoms with van der Waals surface area (Å²) < 4.78 is 53.6. The molecule has 6 atom stereocenters. The molecule has 4 bridgehead atoms. The molecule has 2 aliphatic heterocycles. The summed E-state index contributed by atoms with van der Waals surface area (Å²) in [5.41, 5.74) is -2.83. The number of benzene rings is 1. The van der Waals surface area contributed by atoms with E-state index in [1.165, 1.54) is 18.6 Å². The summed E-state index contributed by atoms with van der Waals surface area (Å²) in [4.78, 5) is 18.7. The molecule has 5 aliphatic rings. The van der Waals surface area contributed by atoms with Crippen molar-refractivity contribution in [2.75, 3.05) is 0 Å². The molecule has 2 aromatic rings. The van der Waals surface area contributed by atoms with Gasteiger partial charge in [-0.25, -0.2) is 4.21 Å². The normalized spacial score (nSPS) is 34.8. The number of carbonyl (C=O) groups is 1. The van der Waals surface area contributed by atoms with Gasteiger partial charge in [0.2, 0.25) is 5.91 Å². The number of hydrogen-bond donors (Lipinski definition) is 1. The molecule has 166 valence electrons. The van der Waals surface area contributed by atoms with Gasteiger partial charge < -0.3 is 14.1 Å². The molecule has 31 heavy (non-hydrogen) atoms. The molecule has 3 saturated carbocycles. The average molecular weight is 452 g/mol. The third kappa shape index (κ3) is 2.68. The van der Waals surface area contributed by atoms with Crippen molar-refractivity contribution in [2.45, 2.75) is 68.5 Å². The third-order valence-corrected chi connectivity index (χ3v) is 8.91. The zero-order valence-electron chi connectivity index (χ0n) is 17.0. The predicted molar refractivity (Wildman–Crippen MR) is 109 cm³/mol. The van der Waals surface area contributed by atoms with Crippen molar-refractivity contribution in [3.05, 3.63) is 30.0 Å². The largest absolute Gasteiger partial charge is 0.508 e. The molecule has 6 unspecified atom stereocenters. The number of H-pyrrole nitrogens is 1. The molecule has 1 N–H and O–H groups in total. The second-order valence-corrected chi connectivity index (χ2v) is 11.0. The fourth-order valence-corrected chi connectivity index (χ4v) is 7.59. The predicted octanol–water partition coefficient (Wildman–Crippen LogP) is 4.77. The first-order chi connectivity index (χ1) is 14.6. The summed E-state index contributed by atoms with van der Waals surface area (Å²) in [6.07, 6.45) is 8.07. The Balaban J connectivity index is 1.22. The second-order valence-electron chi connectivity index (χ2n) is 9.94. The van der Waals surface area contributed by atoms with Gasteiger partial charge in [-0.3, -0.25) is 4.79 Å². The van der Waals surface area contributed by atoms with Crippen LogP contribution in [0.2, 0.25) is 0 Å². The van der Waals surface area contributed by atoms with Gasteiger partial charge in [0, 0.05) is 35.1 Å². The maximum absolute atomic E-state index is 13.3. The van der Waals surface area contributed by atoms with Crippen LogP contribution in [0.1, 0.15) is 56.9 Å². The molecular formula is C22H23F3N2O3S. The van der Waals surface area contributed by atoms with Crippen LogP contribution in [0.15, 0.2) is 24.4 Å². The molecule has 5 nitrogen and oxygen atoms in total. The van der Waals surface area contributed by atoms with Gasteiger partial charge in [-0.1, -0.05) is 6.92 Å². The Hall–Kier alpha value is -2.03. The Kier molecular flexibility index (Phi) is 3.84. The molecule has 1 aromatic heterocycles. The van der Waals surface area contributed by atoms with Crippen molar-refractivity contribution in [3.8, 4) is 5.75 Å². The Morgan fingerprint density at radius 1 is 1.35 bits per heavy atom. The molecule has 1 amide bonds. The number of alkyl halides is 3. The van der Waals surface area contributed by atoms with E-state index in [0.29, 0.717) is 23.3 Å². The number of halogens is 3. The van der Waals surface area contributed by atoms with E-state index < -0.39 is 16.6 Å². The zero-order valence-corrected chi connectivity index (χ0v) is 17.8. The van der Waals surface area contributed by atoms with E-state index >= 15 is 0 Å². The topological polar surface area (TPSA) is 62.4 Å². The molecule has 3 aliphatic carbocycles. The molecule has 0 radical (unpaired) electrons. The van der Waals surface area contributed by atoms with E-state index in [0.717, 1.165) is 42.7 Å². The smallest absolute Gasteiger partial charge is 0.394 e. The molecule has 7 rings (SSSR count). The lowest BCUT2D eigenvalue weighted by Gasteiger charge is -2.42. The average Bonchev–Trinajstić information content (AvgIpc) is 2.95. The van der Waals surface area contributed by atoms with E-state index in [-0.39, 0.29) is 23.1 Å². The minimum Gasteiger partial charge on any atom is -0.394 e. The summed E-state index contributed by atoms with van der Waals surface area (Å²) >= 11 is -3.42. The lowest BCUT2D eigenvalue weighted by atomic mass is 9.79. The van der Waals surface area contributed by atoms with E-state index in [2.05, 4.69) is 14.1 Å². The Morgan fingerprint density at radius 2 is 2.16 bits per heavy atom. The van der Waals surface area contributed by atoms with Crippen LogP contribution < -0.4 is 4.18 Å². The van der Waals surface area contributed by atoms with Crippen LogP contribution in [-0.2, 0) is 15.9 Å². The highest BCUT2D eigenvalue weighted by molar-refractivity contribution is 7.81. The lowest BCUT2D eigenvalue weighted by molar-refractivity contribution is -0.138. The van der Waals surface area contributed by atoms with Gasteiger partial charge in [0.15, 0.2) is 0 Å². The van der Waals surface area contributed by atoms with Gasteiger partial charge in [0.25, 0.3) is 0 Å². The quantitative estimate of drug-likeness (QED) is 0.711. The molecule has 5 fully saturated rings. The van der Waals surface area contributed by atoms with Gasteiger partial charge >= 0.3 is 16.6 Å². The molecule has 1 aromatic carbocycles. The minimum atomic E-state index is -4.94. The summed E-state index contributed by atoms with van der Waals surface area (Å²) in [5.74, 6) is 0.766. The Labute approximate surface area is 180 Å². The number of hydrogen-bond acceptors (Lipinski definition) is 3. The van der Waals surface area contributed by atoms with Crippen molar-refractivity contribution in [2.24, 2.45) is 11.3 Å². The van der Waals surface area contributed by atoms with E-state index in [4.69, 9.17) is 0 Å². The molecular weight excluding hydrogens is 429 g/mol. The van der Waals surface area contributed by atoms with Crippen molar-refractivity contribution >= 4 is 27.9 Å². The van der Waals surface area contributed by atoms with Crippen LogP contribution in [-0.4, -0.2) is 37.1 Å². The summed E-state index contributed by atoms with van der Waals surface area (Å²) in [5, 5.41) is 0.682. The number of aromatic amines is 1. The van der Waals surface area contributed by atoms with Gasteiger partial charge in [-0.2, -0.15) is 13.2 Å². The van der Waals surface area contributed by atoms with E-state index in [1.807, 2.05) is 6.92 Å². The van der Waals surface area contributed by atoms with Crippen LogP contribution >= 0.6 is 0 Å². The molecule has 2 saturated heterocycles. The van der Waals surface area contributed by atoms with Crippen molar-refractivity contribution in [1.29, 1.82) is 0 Å². The monoisotopic (exact) mass is 452 g/mol. The molecule has 3 heterocycles. The van der Waals surface area contributed by atoms with Crippen molar-refractivity contribution in [3.63, 3.8) is 0 Å². The van der Waals surface area contributed by atoms with Gasteiger partial charge in [-0.15, -0.1) is 0 Å². The molecule has 9 heteroatoms. The second kappa shape index (κ2) is 6.05. The maximum Gasteiger partial charge on any atom is 0.508 e. The fourth-order valence-electron chi connectivity index (χ4n) is 7.21. The van der Waals surface area contributed by atoms with Crippen LogP contribution in [0.3, 0.4) is 0 Å². The SMILES string of the molecule is CC(CC(=O)N1C2CC3CC4(C2)CC14C3)c1c[nH]c2ccc(OS(=O)C(F)(F)F)cc12.